The van der Waals surface area contributed by atoms with Crippen molar-refractivity contribution in [3.8, 4) is 5.75 Å². The molecular weight excluding hydrogens is 446 g/mol. The molecule has 2 aromatic carbocycles. The van der Waals surface area contributed by atoms with Crippen molar-refractivity contribution >= 4 is 29.6 Å². The Morgan fingerprint density at radius 1 is 0.912 bits per heavy atom. The Hall–Kier alpha value is -4.08. The fourth-order valence-corrected chi connectivity index (χ4v) is 2.88. The van der Waals surface area contributed by atoms with Crippen LogP contribution in [0, 0.1) is 0 Å². The van der Waals surface area contributed by atoms with Gasteiger partial charge in [-0.3, -0.25) is 19.2 Å². The highest BCUT2D eigenvalue weighted by Crippen LogP contribution is 2.27. The second-order valence-electron chi connectivity index (χ2n) is 7.30. The van der Waals surface area contributed by atoms with Crippen LogP contribution < -0.4 is 10.1 Å². The van der Waals surface area contributed by atoms with E-state index in [1.165, 1.54) is 0 Å². The van der Waals surface area contributed by atoms with Crippen molar-refractivity contribution in [3.63, 3.8) is 0 Å². The highest BCUT2D eigenvalue weighted by atomic mass is 16.7. The summed E-state index contributed by atoms with van der Waals surface area (Å²) in [4.78, 5) is 45.1. The number of anilines is 1. The summed E-state index contributed by atoms with van der Waals surface area (Å²) in [6.45, 7) is 2.38. The monoisotopic (exact) mass is 473 g/mol. The van der Waals surface area contributed by atoms with Crippen LogP contribution in [0.4, 0.5) is 5.69 Å². The number of ether oxygens (including phenoxy) is 3. The molecular formula is C24H27NO9. The Bertz CT molecular complexity index is 961. The highest BCUT2D eigenvalue weighted by Gasteiger charge is 2.22. The van der Waals surface area contributed by atoms with E-state index in [2.05, 4.69) is 12.2 Å². The minimum Gasteiger partial charge on any atom is -0.489 e. The van der Waals surface area contributed by atoms with Crippen LogP contribution in [0.1, 0.15) is 43.7 Å². The fourth-order valence-electron chi connectivity index (χ4n) is 2.88. The smallest absolute Gasteiger partial charge is 0.329 e. The zero-order valence-electron chi connectivity index (χ0n) is 18.7. The first kappa shape index (κ1) is 26.2. The van der Waals surface area contributed by atoms with Crippen LogP contribution in [0.2, 0.25) is 0 Å². The van der Waals surface area contributed by atoms with Crippen LogP contribution in [0.5, 0.6) is 5.75 Å². The van der Waals surface area contributed by atoms with Gasteiger partial charge in [0.2, 0.25) is 0 Å². The molecule has 182 valence electrons. The molecule has 0 amide bonds. The number of rotatable bonds is 14. The second kappa shape index (κ2) is 13.5. The lowest BCUT2D eigenvalue weighted by Gasteiger charge is -2.21. The van der Waals surface area contributed by atoms with E-state index in [0.717, 1.165) is 30.4 Å². The molecule has 0 aliphatic carbocycles. The maximum atomic E-state index is 11.8. The first-order valence-electron chi connectivity index (χ1n) is 10.7. The molecule has 0 unspecified atom stereocenters. The Kier molecular flexibility index (Phi) is 10.4. The van der Waals surface area contributed by atoms with Gasteiger partial charge in [0.15, 0.2) is 0 Å². The summed E-state index contributed by atoms with van der Waals surface area (Å²) in [7, 11) is 0. The lowest BCUT2D eigenvalue weighted by atomic mass is 10.1. The van der Waals surface area contributed by atoms with Crippen LogP contribution in [0.3, 0.4) is 0 Å². The van der Waals surface area contributed by atoms with E-state index < -0.39 is 43.1 Å². The molecule has 0 radical (unpaired) electrons. The molecule has 0 heterocycles. The molecule has 0 aliphatic rings. The van der Waals surface area contributed by atoms with Gasteiger partial charge in [-0.05, 0) is 30.0 Å². The number of nitrogens with one attached hydrogen (secondary N) is 1. The van der Waals surface area contributed by atoms with Gasteiger partial charge in [-0.25, -0.2) is 0 Å². The molecule has 0 saturated heterocycles. The van der Waals surface area contributed by atoms with Crippen LogP contribution >= 0.6 is 0 Å². The maximum Gasteiger partial charge on any atom is 0.329 e. The molecule has 0 aliphatic heterocycles. The summed E-state index contributed by atoms with van der Waals surface area (Å²) in [5.74, 6) is -4.65. The quantitative estimate of drug-likeness (QED) is 0.212. The highest BCUT2D eigenvalue weighted by molar-refractivity contribution is 5.91. The van der Waals surface area contributed by atoms with Gasteiger partial charge in [0.05, 0.1) is 0 Å². The molecule has 3 N–H and O–H groups in total. The van der Waals surface area contributed by atoms with Gasteiger partial charge in [0.1, 0.15) is 25.2 Å². The number of benzene rings is 2. The number of unbranched alkanes of at least 4 members (excludes halogenated alkanes) is 1. The number of carboxylic acids is 2. The van der Waals surface area contributed by atoms with Crippen LogP contribution in [0.15, 0.2) is 48.5 Å². The van der Waals surface area contributed by atoms with Crippen LogP contribution in [0.25, 0.3) is 0 Å². The van der Waals surface area contributed by atoms with Gasteiger partial charge in [-0.1, -0.05) is 49.7 Å². The number of carbonyl (C=O) groups is 4. The Morgan fingerprint density at radius 2 is 1.53 bits per heavy atom. The predicted octanol–water partition coefficient (Wildman–Crippen LogP) is 3.34. The number of carboxylic acid groups (broad SMARTS) is 2. The fraction of sp³-hybridized carbons (Fsp3) is 0.333. The van der Waals surface area contributed by atoms with Crippen LogP contribution in [-0.4, -0.2) is 40.5 Å². The van der Waals surface area contributed by atoms with Crippen molar-refractivity contribution in [1.82, 2.24) is 0 Å². The number of hydrogen-bond donors (Lipinski definition) is 3. The summed E-state index contributed by atoms with van der Waals surface area (Å²) < 4.78 is 15.7. The standard InChI is InChI=1S/C24H27NO9/c1-2-3-9-17-10-11-18(12-19(17)32-15-16-7-5-4-6-8-16)25-24(33-22(30)13-20(26)27)34-23(31)14-21(28)29/h4-8,10-12,24-25H,2-3,9,13-15H2,1H3,(H,26,27)(H,28,29). The van der Waals surface area contributed by atoms with Crippen molar-refractivity contribution in [2.45, 2.75) is 52.0 Å². The Labute approximate surface area is 196 Å². The minimum absolute atomic E-state index is 0.314. The number of hydrogen-bond acceptors (Lipinski definition) is 8. The molecule has 0 fully saturated rings. The van der Waals surface area contributed by atoms with E-state index in [4.69, 9.17) is 24.4 Å². The summed E-state index contributed by atoms with van der Waals surface area (Å²) in [5, 5.41) is 20.2. The molecule has 2 rings (SSSR count). The molecule has 0 atom stereocenters. The third-order valence-corrected chi connectivity index (χ3v) is 4.46. The molecule has 0 saturated carbocycles. The van der Waals surface area contributed by atoms with Gasteiger partial charge in [-0.15, -0.1) is 0 Å². The summed E-state index contributed by atoms with van der Waals surface area (Å²) in [5.41, 5.74) is 2.26. The summed E-state index contributed by atoms with van der Waals surface area (Å²) >= 11 is 0. The molecule has 34 heavy (non-hydrogen) atoms. The summed E-state index contributed by atoms with van der Waals surface area (Å²) in [6, 6.07) is 14.7. The molecule has 2 aromatic rings. The topological polar surface area (TPSA) is 148 Å². The molecule has 10 heteroatoms. The van der Waals surface area contributed by atoms with Gasteiger partial charge < -0.3 is 29.7 Å². The minimum atomic E-state index is -1.73. The van der Waals surface area contributed by atoms with Gasteiger partial charge in [0, 0.05) is 11.8 Å². The van der Waals surface area contributed by atoms with E-state index in [1.807, 2.05) is 36.4 Å². The van der Waals surface area contributed by atoms with Gasteiger partial charge >= 0.3 is 30.3 Å². The van der Waals surface area contributed by atoms with E-state index in [9.17, 15) is 19.2 Å². The van der Waals surface area contributed by atoms with Crippen LogP contribution in [-0.2, 0) is 41.7 Å². The summed E-state index contributed by atoms with van der Waals surface area (Å²) in [6.07, 6.45) is -0.963. The lowest BCUT2D eigenvalue weighted by molar-refractivity contribution is -0.183. The molecule has 0 aromatic heterocycles. The molecule has 0 spiro atoms. The number of esters is 2. The van der Waals surface area contributed by atoms with Crippen molar-refractivity contribution in [2.24, 2.45) is 0 Å². The third kappa shape index (κ3) is 9.60. The average molecular weight is 473 g/mol. The lowest BCUT2D eigenvalue weighted by Crippen LogP contribution is -2.33. The average Bonchev–Trinajstić information content (AvgIpc) is 2.76. The number of aryl methyl sites for hydroxylation is 1. The van der Waals surface area contributed by atoms with Crippen molar-refractivity contribution in [3.05, 3.63) is 59.7 Å². The van der Waals surface area contributed by atoms with Gasteiger partial charge in [-0.2, -0.15) is 0 Å². The van der Waals surface area contributed by atoms with Crippen molar-refractivity contribution in [2.75, 3.05) is 5.32 Å². The normalized spacial score (nSPS) is 10.4. The van der Waals surface area contributed by atoms with E-state index in [1.54, 1.807) is 12.1 Å². The predicted molar refractivity (Wildman–Crippen MR) is 120 cm³/mol. The van der Waals surface area contributed by atoms with E-state index >= 15 is 0 Å². The van der Waals surface area contributed by atoms with E-state index in [-0.39, 0.29) is 0 Å². The largest absolute Gasteiger partial charge is 0.489 e. The van der Waals surface area contributed by atoms with E-state index in [0.29, 0.717) is 18.0 Å². The zero-order valence-corrected chi connectivity index (χ0v) is 18.7. The second-order valence-corrected chi connectivity index (χ2v) is 7.30. The number of aliphatic carboxylic acids is 2. The molecule has 0 bridgehead atoms. The zero-order chi connectivity index (χ0) is 24.9. The third-order valence-electron chi connectivity index (χ3n) is 4.46. The Balaban J connectivity index is 2.21. The molecule has 10 nitrogen and oxygen atoms in total. The maximum absolute atomic E-state index is 11.8. The first-order chi connectivity index (χ1) is 16.3. The van der Waals surface area contributed by atoms with Crippen molar-refractivity contribution < 1.29 is 43.6 Å². The van der Waals surface area contributed by atoms with Gasteiger partial charge in [0.25, 0.3) is 0 Å². The number of carbonyl (C=O) groups excluding carboxylic acids is 2. The van der Waals surface area contributed by atoms with Crippen molar-refractivity contribution in [1.29, 1.82) is 0 Å². The first-order valence-corrected chi connectivity index (χ1v) is 10.7. The Morgan fingerprint density at radius 3 is 2.09 bits per heavy atom. The SMILES string of the molecule is CCCCc1ccc(NC(OC(=O)CC(=O)O)OC(=O)CC(=O)O)cc1OCc1ccccc1.